The summed E-state index contributed by atoms with van der Waals surface area (Å²) in [6.07, 6.45) is 6.15. The van der Waals surface area contributed by atoms with E-state index < -0.39 is 0 Å². The standard InChI is InChI=1S/C15H19N3O/c16-9-13-8-12(5-6-17-13)10-18(14-3-4-14)11-15-2-1-7-19-15/h1-2,5-8,14H,3-4,9-11,16H2. The zero-order chi connectivity index (χ0) is 13.1. The van der Waals surface area contributed by atoms with Crippen LogP contribution in [0.3, 0.4) is 0 Å². The summed E-state index contributed by atoms with van der Waals surface area (Å²) in [5.74, 6) is 1.03. The number of hydrogen-bond donors (Lipinski definition) is 1. The van der Waals surface area contributed by atoms with Crippen LogP contribution in [0.15, 0.2) is 41.1 Å². The lowest BCUT2D eigenvalue weighted by atomic mass is 10.2. The third kappa shape index (κ3) is 3.22. The smallest absolute Gasteiger partial charge is 0.117 e. The molecule has 4 nitrogen and oxygen atoms in total. The molecule has 1 aliphatic rings. The summed E-state index contributed by atoms with van der Waals surface area (Å²) in [5, 5.41) is 0. The van der Waals surface area contributed by atoms with E-state index in [0.29, 0.717) is 12.6 Å². The number of hydrogen-bond acceptors (Lipinski definition) is 4. The van der Waals surface area contributed by atoms with E-state index in [4.69, 9.17) is 10.2 Å². The van der Waals surface area contributed by atoms with Crippen LogP contribution < -0.4 is 5.73 Å². The Labute approximate surface area is 113 Å². The average Bonchev–Trinajstić information content (AvgIpc) is 3.17. The second kappa shape index (κ2) is 5.55. The van der Waals surface area contributed by atoms with Crippen molar-refractivity contribution >= 4 is 0 Å². The van der Waals surface area contributed by atoms with Crippen molar-refractivity contribution in [3.8, 4) is 0 Å². The molecule has 0 atom stereocenters. The van der Waals surface area contributed by atoms with E-state index >= 15 is 0 Å². The molecular formula is C15H19N3O. The number of pyridine rings is 1. The maximum atomic E-state index is 5.64. The van der Waals surface area contributed by atoms with Crippen LogP contribution in [0.25, 0.3) is 0 Å². The van der Waals surface area contributed by atoms with Gasteiger partial charge in [0.15, 0.2) is 0 Å². The Hall–Kier alpha value is -1.65. The minimum atomic E-state index is 0.495. The van der Waals surface area contributed by atoms with Crippen LogP contribution in [0.1, 0.15) is 29.9 Å². The maximum absolute atomic E-state index is 5.64. The van der Waals surface area contributed by atoms with Crippen LogP contribution in [-0.2, 0) is 19.6 Å². The molecule has 0 aromatic carbocycles. The van der Waals surface area contributed by atoms with Crippen molar-refractivity contribution in [3.63, 3.8) is 0 Å². The molecule has 100 valence electrons. The van der Waals surface area contributed by atoms with Crippen LogP contribution in [0, 0.1) is 0 Å². The van der Waals surface area contributed by atoms with Crippen molar-refractivity contribution in [2.24, 2.45) is 5.73 Å². The second-order valence-corrected chi connectivity index (χ2v) is 5.08. The number of furan rings is 1. The molecule has 2 aromatic rings. The first-order valence-electron chi connectivity index (χ1n) is 6.75. The Kier molecular flexibility index (Phi) is 3.62. The molecule has 0 unspecified atom stereocenters. The first-order chi connectivity index (χ1) is 9.35. The first kappa shape index (κ1) is 12.4. The van der Waals surface area contributed by atoms with Crippen molar-refractivity contribution in [2.75, 3.05) is 0 Å². The minimum absolute atomic E-state index is 0.495. The van der Waals surface area contributed by atoms with Crippen molar-refractivity contribution in [1.29, 1.82) is 0 Å². The van der Waals surface area contributed by atoms with Crippen LogP contribution >= 0.6 is 0 Å². The van der Waals surface area contributed by atoms with Crippen LogP contribution in [-0.4, -0.2) is 15.9 Å². The Morgan fingerprint density at radius 3 is 2.89 bits per heavy atom. The van der Waals surface area contributed by atoms with E-state index in [0.717, 1.165) is 24.5 Å². The highest BCUT2D eigenvalue weighted by molar-refractivity contribution is 5.17. The Bertz CT molecular complexity index is 520. The zero-order valence-electron chi connectivity index (χ0n) is 11.0. The molecule has 3 rings (SSSR count). The summed E-state index contributed by atoms with van der Waals surface area (Å²) in [6, 6.07) is 8.83. The monoisotopic (exact) mass is 257 g/mol. The lowest BCUT2D eigenvalue weighted by molar-refractivity contribution is 0.225. The highest BCUT2D eigenvalue weighted by atomic mass is 16.3. The number of nitrogens with zero attached hydrogens (tertiary/aromatic N) is 2. The van der Waals surface area contributed by atoms with Gasteiger partial charge in [-0.15, -0.1) is 0 Å². The van der Waals surface area contributed by atoms with E-state index in [1.807, 2.05) is 18.3 Å². The van der Waals surface area contributed by atoms with Gasteiger partial charge in [-0.25, -0.2) is 0 Å². The van der Waals surface area contributed by atoms with E-state index in [1.165, 1.54) is 18.4 Å². The lowest BCUT2D eigenvalue weighted by Crippen LogP contribution is -2.25. The van der Waals surface area contributed by atoms with Crippen LogP contribution in [0.2, 0.25) is 0 Å². The predicted octanol–water partition coefficient (Wildman–Crippen LogP) is 2.30. The topological polar surface area (TPSA) is 55.3 Å². The van der Waals surface area contributed by atoms with Gasteiger partial charge in [-0.05, 0) is 42.7 Å². The third-order valence-corrected chi connectivity index (χ3v) is 3.48. The first-order valence-corrected chi connectivity index (χ1v) is 6.75. The molecular weight excluding hydrogens is 238 g/mol. The summed E-state index contributed by atoms with van der Waals surface area (Å²) in [7, 11) is 0. The normalized spacial score (nSPS) is 15.1. The van der Waals surface area contributed by atoms with E-state index in [2.05, 4.69) is 22.0 Å². The molecule has 0 amide bonds. The van der Waals surface area contributed by atoms with Crippen LogP contribution in [0.4, 0.5) is 0 Å². The summed E-state index contributed by atoms with van der Waals surface area (Å²) < 4.78 is 5.45. The van der Waals surface area contributed by atoms with Gasteiger partial charge in [0.2, 0.25) is 0 Å². The quantitative estimate of drug-likeness (QED) is 0.862. The summed E-state index contributed by atoms with van der Waals surface area (Å²) in [5.41, 5.74) is 7.86. The molecule has 2 heterocycles. The van der Waals surface area contributed by atoms with Gasteiger partial charge in [0.25, 0.3) is 0 Å². The van der Waals surface area contributed by atoms with Crippen LogP contribution in [0.5, 0.6) is 0 Å². The van der Waals surface area contributed by atoms with E-state index in [-0.39, 0.29) is 0 Å². The highest BCUT2D eigenvalue weighted by Gasteiger charge is 2.29. The molecule has 0 spiro atoms. The Balaban J connectivity index is 1.70. The summed E-state index contributed by atoms with van der Waals surface area (Å²) in [6.45, 7) is 2.30. The zero-order valence-corrected chi connectivity index (χ0v) is 11.0. The third-order valence-electron chi connectivity index (χ3n) is 3.48. The molecule has 1 aliphatic carbocycles. The molecule has 1 saturated carbocycles. The molecule has 0 aliphatic heterocycles. The maximum Gasteiger partial charge on any atom is 0.117 e. The molecule has 0 radical (unpaired) electrons. The lowest BCUT2D eigenvalue weighted by Gasteiger charge is -2.21. The van der Waals surface area contributed by atoms with E-state index in [1.54, 1.807) is 6.26 Å². The number of rotatable bonds is 6. The van der Waals surface area contributed by atoms with Crippen molar-refractivity contribution in [3.05, 3.63) is 53.7 Å². The fourth-order valence-corrected chi connectivity index (χ4v) is 2.33. The fourth-order valence-electron chi connectivity index (χ4n) is 2.33. The minimum Gasteiger partial charge on any atom is -0.468 e. The van der Waals surface area contributed by atoms with Gasteiger partial charge in [0, 0.05) is 25.3 Å². The number of nitrogens with two attached hydrogens (primary N) is 1. The van der Waals surface area contributed by atoms with Gasteiger partial charge >= 0.3 is 0 Å². The van der Waals surface area contributed by atoms with Gasteiger partial charge in [0.05, 0.1) is 18.5 Å². The van der Waals surface area contributed by atoms with Crippen molar-refractivity contribution < 1.29 is 4.42 Å². The van der Waals surface area contributed by atoms with Crippen molar-refractivity contribution in [2.45, 2.75) is 38.5 Å². The molecule has 19 heavy (non-hydrogen) atoms. The fraction of sp³-hybridized carbons (Fsp3) is 0.400. The molecule has 2 N–H and O–H groups in total. The molecule has 0 saturated heterocycles. The average molecular weight is 257 g/mol. The van der Waals surface area contributed by atoms with E-state index in [9.17, 15) is 0 Å². The van der Waals surface area contributed by atoms with Gasteiger partial charge in [0.1, 0.15) is 5.76 Å². The summed E-state index contributed by atoms with van der Waals surface area (Å²) >= 11 is 0. The van der Waals surface area contributed by atoms with Gasteiger partial charge in [-0.2, -0.15) is 0 Å². The van der Waals surface area contributed by atoms with Crippen molar-refractivity contribution in [1.82, 2.24) is 9.88 Å². The Morgan fingerprint density at radius 1 is 1.32 bits per heavy atom. The second-order valence-electron chi connectivity index (χ2n) is 5.08. The molecule has 1 fully saturated rings. The molecule has 4 heteroatoms. The molecule has 2 aromatic heterocycles. The SMILES string of the molecule is NCc1cc(CN(Cc2ccco2)C2CC2)ccn1. The number of aromatic nitrogens is 1. The van der Waals surface area contributed by atoms with Gasteiger partial charge in [-0.3, -0.25) is 9.88 Å². The highest BCUT2D eigenvalue weighted by Crippen LogP contribution is 2.29. The molecule has 0 bridgehead atoms. The predicted molar refractivity (Wildman–Crippen MR) is 73.1 cm³/mol. The largest absolute Gasteiger partial charge is 0.468 e. The summed E-state index contributed by atoms with van der Waals surface area (Å²) in [4.78, 5) is 6.71. The van der Waals surface area contributed by atoms with Gasteiger partial charge < -0.3 is 10.2 Å². The van der Waals surface area contributed by atoms with Gasteiger partial charge in [-0.1, -0.05) is 0 Å². The Morgan fingerprint density at radius 2 is 2.21 bits per heavy atom.